The van der Waals surface area contributed by atoms with Crippen molar-refractivity contribution in [2.75, 3.05) is 7.05 Å². The normalized spacial score (nSPS) is 14.9. The molecule has 0 spiro atoms. The molecule has 1 heteroatoms. The molecule has 0 radical (unpaired) electrons. The fourth-order valence-electron chi connectivity index (χ4n) is 1.91. The molecule has 2 atom stereocenters. The highest BCUT2D eigenvalue weighted by atomic mass is 14.8. The quantitative estimate of drug-likeness (QED) is 0.423. The Morgan fingerprint density at radius 1 is 1.20 bits per heavy atom. The lowest BCUT2D eigenvalue weighted by atomic mass is 9.94. The zero-order valence-electron chi connectivity index (χ0n) is 10.9. The molecular weight excluding hydrogens is 182 g/mol. The molecular formula is C14H29N. The lowest BCUT2D eigenvalue weighted by Crippen LogP contribution is -2.23. The molecule has 0 aromatic heterocycles. The zero-order chi connectivity index (χ0) is 11.5. The van der Waals surface area contributed by atoms with Crippen molar-refractivity contribution in [1.29, 1.82) is 0 Å². The summed E-state index contributed by atoms with van der Waals surface area (Å²) in [6, 6.07) is 0.614. The molecule has 0 aromatic carbocycles. The highest BCUT2D eigenvalue weighted by Crippen LogP contribution is 2.17. The maximum Gasteiger partial charge on any atom is 0.00413 e. The van der Waals surface area contributed by atoms with E-state index in [1.807, 2.05) is 7.05 Å². The van der Waals surface area contributed by atoms with Crippen LogP contribution in [0.2, 0.25) is 0 Å². The van der Waals surface area contributed by atoms with E-state index in [0.717, 1.165) is 0 Å². The first-order chi connectivity index (χ1) is 7.24. The van der Waals surface area contributed by atoms with Gasteiger partial charge in [-0.25, -0.2) is 0 Å². The number of allylic oxidation sites excluding steroid dienone is 1. The van der Waals surface area contributed by atoms with Gasteiger partial charge in [-0.3, -0.25) is 0 Å². The van der Waals surface area contributed by atoms with Crippen LogP contribution >= 0.6 is 0 Å². The Bertz CT molecular complexity index is 142. The molecule has 1 nitrogen and oxygen atoms in total. The van der Waals surface area contributed by atoms with E-state index in [4.69, 9.17) is 0 Å². The topological polar surface area (TPSA) is 12.0 Å². The Morgan fingerprint density at radius 3 is 2.40 bits per heavy atom. The molecule has 1 N–H and O–H groups in total. The van der Waals surface area contributed by atoms with Crippen molar-refractivity contribution < 1.29 is 0 Å². The Balaban J connectivity index is 3.48. The third kappa shape index (κ3) is 8.68. The number of hydrogen-bond acceptors (Lipinski definition) is 1. The van der Waals surface area contributed by atoms with Crippen LogP contribution in [0, 0.1) is 5.92 Å². The third-order valence-corrected chi connectivity index (χ3v) is 3.16. The number of nitrogens with one attached hydrogen (secondary N) is 1. The van der Waals surface area contributed by atoms with E-state index in [1.165, 1.54) is 44.9 Å². The summed E-state index contributed by atoms with van der Waals surface area (Å²) in [7, 11) is 2.03. The van der Waals surface area contributed by atoms with Gasteiger partial charge in [0.25, 0.3) is 0 Å². The summed E-state index contributed by atoms with van der Waals surface area (Å²) >= 11 is 0. The summed E-state index contributed by atoms with van der Waals surface area (Å²) in [6.45, 7) is 8.44. The summed E-state index contributed by atoms with van der Waals surface area (Å²) in [6.07, 6.45) is 11.6. The molecule has 90 valence electrons. The molecule has 0 aromatic rings. The highest BCUT2D eigenvalue weighted by Gasteiger charge is 2.07. The average molecular weight is 211 g/mol. The van der Waals surface area contributed by atoms with Crippen LogP contribution in [0.15, 0.2) is 12.7 Å². The van der Waals surface area contributed by atoms with Crippen molar-refractivity contribution in [3.05, 3.63) is 12.7 Å². The van der Waals surface area contributed by atoms with Gasteiger partial charge in [-0.2, -0.15) is 0 Å². The number of rotatable bonds is 10. The van der Waals surface area contributed by atoms with Crippen molar-refractivity contribution >= 4 is 0 Å². The predicted octanol–water partition coefficient (Wildman–Crippen LogP) is 4.15. The van der Waals surface area contributed by atoms with E-state index < -0.39 is 0 Å². The van der Waals surface area contributed by atoms with Crippen molar-refractivity contribution in [1.82, 2.24) is 5.32 Å². The van der Waals surface area contributed by atoms with Crippen LogP contribution in [-0.4, -0.2) is 13.1 Å². The van der Waals surface area contributed by atoms with Crippen LogP contribution in [-0.2, 0) is 0 Å². The van der Waals surface area contributed by atoms with Gasteiger partial charge < -0.3 is 5.32 Å². The summed E-state index contributed by atoms with van der Waals surface area (Å²) in [5.74, 6) is 0.703. The first-order valence-electron chi connectivity index (χ1n) is 6.54. The van der Waals surface area contributed by atoms with E-state index in [2.05, 4.69) is 31.8 Å². The number of unbranched alkanes of at least 4 members (excludes halogenated alkanes) is 4. The molecule has 0 saturated carbocycles. The van der Waals surface area contributed by atoms with Gasteiger partial charge >= 0.3 is 0 Å². The second kappa shape index (κ2) is 10.2. The van der Waals surface area contributed by atoms with Gasteiger partial charge in [0.1, 0.15) is 0 Å². The Labute approximate surface area is 96.3 Å². The molecule has 0 amide bonds. The molecule has 15 heavy (non-hydrogen) atoms. The summed E-state index contributed by atoms with van der Waals surface area (Å²) in [4.78, 5) is 0. The maximum atomic E-state index is 3.94. The lowest BCUT2D eigenvalue weighted by molar-refractivity contribution is 0.435. The Hall–Kier alpha value is -0.300. The van der Waals surface area contributed by atoms with Gasteiger partial charge in [0, 0.05) is 6.04 Å². The first kappa shape index (κ1) is 14.7. The molecule has 0 heterocycles. The standard InChI is InChI=1S/C14H29N/c1-5-7-8-9-10-11-14(6-2)12-13(3)15-4/h6,13-15H,2,5,7-12H2,1,3-4H3. The monoisotopic (exact) mass is 211 g/mol. The first-order valence-corrected chi connectivity index (χ1v) is 6.54. The fraction of sp³-hybridized carbons (Fsp3) is 0.857. The van der Waals surface area contributed by atoms with Crippen molar-refractivity contribution in [2.24, 2.45) is 5.92 Å². The second-order valence-corrected chi connectivity index (χ2v) is 4.62. The van der Waals surface area contributed by atoms with E-state index in [0.29, 0.717) is 12.0 Å². The van der Waals surface area contributed by atoms with E-state index in [9.17, 15) is 0 Å². The minimum absolute atomic E-state index is 0.614. The Kier molecular flexibility index (Phi) is 10.0. The number of hydrogen-bond donors (Lipinski definition) is 1. The predicted molar refractivity (Wildman–Crippen MR) is 70.2 cm³/mol. The minimum Gasteiger partial charge on any atom is -0.317 e. The lowest BCUT2D eigenvalue weighted by Gasteiger charge is -2.17. The van der Waals surface area contributed by atoms with Crippen LogP contribution in [0.25, 0.3) is 0 Å². The van der Waals surface area contributed by atoms with E-state index in [-0.39, 0.29) is 0 Å². The van der Waals surface area contributed by atoms with Crippen LogP contribution < -0.4 is 5.32 Å². The minimum atomic E-state index is 0.614. The summed E-state index contributed by atoms with van der Waals surface area (Å²) in [5.41, 5.74) is 0. The van der Waals surface area contributed by atoms with Gasteiger partial charge in [0.2, 0.25) is 0 Å². The molecule has 0 aliphatic rings. The van der Waals surface area contributed by atoms with E-state index >= 15 is 0 Å². The molecule has 0 aliphatic heterocycles. The third-order valence-electron chi connectivity index (χ3n) is 3.16. The smallest absolute Gasteiger partial charge is 0.00413 e. The van der Waals surface area contributed by atoms with Crippen molar-refractivity contribution in [2.45, 2.75) is 64.8 Å². The van der Waals surface area contributed by atoms with Gasteiger partial charge in [-0.05, 0) is 32.7 Å². The van der Waals surface area contributed by atoms with Crippen LogP contribution in [0.1, 0.15) is 58.8 Å². The van der Waals surface area contributed by atoms with Crippen molar-refractivity contribution in [3.63, 3.8) is 0 Å². The largest absolute Gasteiger partial charge is 0.317 e. The summed E-state index contributed by atoms with van der Waals surface area (Å²) in [5, 5.41) is 3.29. The van der Waals surface area contributed by atoms with E-state index in [1.54, 1.807) is 0 Å². The van der Waals surface area contributed by atoms with Crippen LogP contribution in [0.5, 0.6) is 0 Å². The molecule has 0 rings (SSSR count). The SMILES string of the molecule is C=CC(CCCCCCC)CC(C)NC. The van der Waals surface area contributed by atoms with Crippen molar-refractivity contribution in [3.8, 4) is 0 Å². The maximum absolute atomic E-state index is 3.94. The molecule has 2 unspecified atom stereocenters. The molecule has 0 fully saturated rings. The molecule has 0 aliphatic carbocycles. The highest BCUT2D eigenvalue weighted by molar-refractivity contribution is 4.81. The average Bonchev–Trinajstić information content (AvgIpc) is 2.26. The molecule has 0 bridgehead atoms. The van der Waals surface area contributed by atoms with Gasteiger partial charge in [-0.15, -0.1) is 6.58 Å². The van der Waals surface area contributed by atoms with Crippen LogP contribution in [0.3, 0.4) is 0 Å². The van der Waals surface area contributed by atoms with Crippen LogP contribution in [0.4, 0.5) is 0 Å². The fourth-order valence-corrected chi connectivity index (χ4v) is 1.91. The zero-order valence-corrected chi connectivity index (χ0v) is 10.9. The molecule has 0 saturated heterocycles. The van der Waals surface area contributed by atoms with Gasteiger partial charge in [0.05, 0.1) is 0 Å². The second-order valence-electron chi connectivity index (χ2n) is 4.62. The Morgan fingerprint density at radius 2 is 1.87 bits per heavy atom. The van der Waals surface area contributed by atoms with Gasteiger partial charge in [0.15, 0.2) is 0 Å². The van der Waals surface area contributed by atoms with Gasteiger partial charge in [-0.1, -0.05) is 45.1 Å². The summed E-state index contributed by atoms with van der Waals surface area (Å²) < 4.78 is 0.